The number of hydrogen-bond donors (Lipinski definition) is 1. The number of nitriles is 1. The highest BCUT2D eigenvalue weighted by molar-refractivity contribution is 5.81. The monoisotopic (exact) mass is 409 g/mol. The first-order valence-electron chi connectivity index (χ1n) is 11.1. The van der Waals surface area contributed by atoms with E-state index in [1.807, 2.05) is 30.5 Å². The summed E-state index contributed by atoms with van der Waals surface area (Å²) >= 11 is 0. The minimum absolute atomic E-state index is 0.467. The highest BCUT2D eigenvalue weighted by atomic mass is 15.3. The minimum Gasteiger partial charge on any atom is -0.341 e. The average molecular weight is 410 g/mol. The molecular weight excluding hydrogens is 382 g/mol. The van der Waals surface area contributed by atoms with Crippen molar-refractivity contribution in [2.45, 2.75) is 26.2 Å². The largest absolute Gasteiger partial charge is 0.341 e. The minimum atomic E-state index is 0.467. The molecule has 2 aliphatic rings. The van der Waals surface area contributed by atoms with E-state index < -0.39 is 0 Å². The lowest BCUT2D eigenvalue weighted by molar-refractivity contribution is 0.246. The fraction of sp³-hybridized carbons (Fsp3) is 0.346. The van der Waals surface area contributed by atoms with Crippen molar-refractivity contribution < 1.29 is 0 Å². The molecule has 5 nitrogen and oxygen atoms in total. The third kappa shape index (κ3) is 3.92. The summed E-state index contributed by atoms with van der Waals surface area (Å²) in [5, 5.41) is 12.7. The predicted molar refractivity (Wildman–Crippen MR) is 124 cm³/mol. The maximum absolute atomic E-state index is 9.17. The Kier molecular flexibility index (Phi) is 5.17. The van der Waals surface area contributed by atoms with Gasteiger partial charge in [0.2, 0.25) is 5.95 Å². The lowest BCUT2D eigenvalue weighted by Gasteiger charge is -2.39. The summed E-state index contributed by atoms with van der Waals surface area (Å²) in [5.74, 6) is 0.802. The van der Waals surface area contributed by atoms with Gasteiger partial charge in [-0.15, -0.1) is 0 Å². The first-order chi connectivity index (χ1) is 15.2. The van der Waals surface area contributed by atoms with Crippen molar-refractivity contribution in [2.24, 2.45) is 5.41 Å². The Morgan fingerprint density at radius 1 is 0.968 bits per heavy atom. The normalized spacial score (nSPS) is 17.6. The molecule has 3 aromatic rings. The second-order valence-electron chi connectivity index (χ2n) is 8.90. The zero-order valence-electron chi connectivity index (χ0n) is 17.9. The van der Waals surface area contributed by atoms with Gasteiger partial charge in [-0.2, -0.15) is 5.26 Å². The third-order valence-electron chi connectivity index (χ3n) is 6.87. The molecule has 2 aromatic carbocycles. The van der Waals surface area contributed by atoms with Gasteiger partial charge in [0.25, 0.3) is 0 Å². The fourth-order valence-corrected chi connectivity index (χ4v) is 4.80. The number of nitrogens with one attached hydrogen (secondary N) is 1. The van der Waals surface area contributed by atoms with Gasteiger partial charge in [0.15, 0.2) is 0 Å². The SMILES string of the molecule is Cc1ccc(-c2cnc(N3CCC4(CCNC4)CC3)nc2-c2ccc(C#N)cc2)cc1. The highest BCUT2D eigenvalue weighted by Gasteiger charge is 2.37. The summed E-state index contributed by atoms with van der Waals surface area (Å²) in [6.07, 6.45) is 5.62. The smallest absolute Gasteiger partial charge is 0.225 e. The molecule has 1 aromatic heterocycles. The van der Waals surface area contributed by atoms with Gasteiger partial charge >= 0.3 is 0 Å². The molecule has 0 bridgehead atoms. The first-order valence-corrected chi connectivity index (χ1v) is 11.1. The van der Waals surface area contributed by atoms with Gasteiger partial charge in [0.1, 0.15) is 0 Å². The van der Waals surface area contributed by atoms with E-state index in [1.165, 1.54) is 24.8 Å². The van der Waals surface area contributed by atoms with Gasteiger partial charge in [-0.3, -0.25) is 0 Å². The number of aryl methyl sites for hydroxylation is 1. The number of hydrogen-bond acceptors (Lipinski definition) is 5. The van der Waals surface area contributed by atoms with Gasteiger partial charge in [-0.25, -0.2) is 9.97 Å². The fourth-order valence-electron chi connectivity index (χ4n) is 4.80. The van der Waals surface area contributed by atoms with Gasteiger partial charge in [0.05, 0.1) is 17.3 Å². The van der Waals surface area contributed by atoms with E-state index >= 15 is 0 Å². The summed E-state index contributed by atoms with van der Waals surface area (Å²) in [6.45, 7) is 6.37. The summed E-state index contributed by atoms with van der Waals surface area (Å²) in [7, 11) is 0. The summed E-state index contributed by atoms with van der Waals surface area (Å²) in [4.78, 5) is 12.2. The van der Waals surface area contributed by atoms with Crippen LogP contribution in [0.3, 0.4) is 0 Å². The Hall–Kier alpha value is -3.23. The third-order valence-corrected chi connectivity index (χ3v) is 6.87. The van der Waals surface area contributed by atoms with Gasteiger partial charge < -0.3 is 10.2 Å². The molecule has 5 heteroatoms. The van der Waals surface area contributed by atoms with Crippen molar-refractivity contribution in [1.29, 1.82) is 5.26 Å². The van der Waals surface area contributed by atoms with Crippen LogP contribution in [0, 0.1) is 23.7 Å². The van der Waals surface area contributed by atoms with E-state index in [1.54, 1.807) is 0 Å². The molecule has 5 rings (SSSR count). The van der Waals surface area contributed by atoms with Crippen LogP contribution in [0.2, 0.25) is 0 Å². The standard InChI is InChI=1S/C26H27N5/c1-19-2-6-21(7-3-19)23-17-29-25(30-24(23)22-8-4-20(16-27)5-9-22)31-14-11-26(12-15-31)10-13-28-18-26/h2-9,17,28H,10-15,18H2,1H3. The van der Waals surface area contributed by atoms with Crippen LogP contribution in [0.1, 0.15) is 30.4 Å². The zero-order valence-corrected chi connectivity index (χ0v) is 17.9. The van der Waals surface area contributed by atoms with E-state index in [0.29, 0.717) is 11.0 Å². The molecule has 31 heavy (non-hydrogen) atoms. The van der Waals surface area contributed by atoms with Crippen molar-refractivity contribution in [2.75, 3.05) is 31.1 Å². The van der Waals surface area contributed by atoms with E-state index in [0.717, 1.165) is 54.5 Å². The van der Waals surface area contributed by atoms with Crippen LogP contribution in [0.5, 0.6) is 0 Å². The van der Waals surface area contributed by atoms with Crippen LogP contribution in [0.15, 0.2) is 54.7 Å². The van der Waals surface area contributed by atoms with E-state index in [-0.39, 0.29) is 0 Å². The molecule has 0 unspecified atom stereocenters. The molecule has 1 spiro atoms. The Bertz CT molecular complexity index is 1100. The molecular formula is C26H27N5. The van der Waals surface area contributed by atoms with Crippen LogP contribution in [0.4, 0.5) is 5.95 Å². The number of rotatable bonds is 3. The molecule has 2 saturated heterocycles. The lowest BCUT2D eigenvalue weighted by atomic mass is 9.78. The van der Waals surface area contributed by atoms with E-state index in [2.05, 4.69) is 47.5 Å². The summed E-state index contributed by atoms with van der Waals surface area (Å²) in [6, 6.07) is 18.4. The second kappa shape index (κ2) is 8.13. The maximum Gasteiger partial charge on any atom is 0.225 e. The molecule has 1 N–H and O–H groups in total. The predicted octanol–water partition coefficient (Wildman–Crippen LogP) is 4.57. The van der Waals surface area contributed by atoms with Gasteiger partial charge in [-0.1, -0.05) is 42.0 Å². The number of benzene rings is 2. The van der Waals surface area contributed by atoms with Crippen molar-refractivity contribution in [3.63, 3.8) is 0 Å². The number of aromatic nitrogens is 2. The number of piperidine rings is 1. The highest BCUT2D eigenvalue weighted by Crippen LogP contribution is 2.38. The molecule has 2 fully saturated rings. The van der Waals surface area contributed by atoms with Crippen LogP contribution in [-0.4, -0.2) is 36.1 Å². The second-order valence-corrected chi connectivity index (χ2v) is 8.90. The molecule has 0 saturated carbocycles. The van der Waals surface area contributed by atoms with Crippen molar-refractivity contribution >= 4 is 5.95 Å². The summed E-state index contributed by atoms with van der Waals surface area (Å²) < 4.78 is 0. The van der Waals surface area contributed by atoms with Crippen LogP contribution in [0.25, 0.3) is 22.4 Å². The lowest BCUT2D eigenvalue weighted by Crippen LogP contribution is -2.42. The molecule has 0 atom stereocenters. The van der Waals surface area contributed by atoms with Gasteiger partial charge in [0, 0.05) is 37.0 Å². The molecule has 2 aliphatic heterocycles. The molecule has 0 amide bonds. The molecule has 3 heterocycles. The van der Waals surface area contributed by atoms with Crippen LogP contribution in [-0.2, 0) is 0 Å². The van der Waals surface area contributed by atoms with Gasteiger partial charge in [-0.05, 0) is 55.8 Å². The topological polar surface area (TPSA) is 64.8 Å². The molecule has 0 radical (unpaired) electrons. The zero-order chi connectivity index (χ0) is 21.3. The summed E-state index contributed by atoms with van der Waals surface area (Å²) in [5.41, 5.74) is 6.39. The Morgan fingerprint density at radius 2 is 1.68 bits per heavy atom. The number of nitrogens with zero attached hydrogens (tertiary/aromatic N) is 4. The van der Waals surface area contributed by atoms with Crippen LogP contribution < -0.4 is 10.2 Å². The Labute approximate surface area is 183 Å². The molecule has 0 aliphatic carbocycles. The van der Waals surface area contributed by atoms with Crippen molar-refractivity contribution in [1.82, 2.24) is 15.3 Å². The van der Waals surface area contributed by atoms with Crippen LogP contribution >= 0.6 is 0 Å². The molecule has 156 valence electrons. The van der Waals surface area contributed by atoms with Crippen molar-refractivity contribution in [3.05, 3.63) is 65.9 Å². The maximum atomic E-state index is 9.17. The van der Waals surface area contributed by atoms with E-state index in [9.17, 15) is 5.26 Å². The first kappa shape index (κ1) is 19.7. The van der Waals surface area contributed by atoms with Crippen molar-refractivity contribution in [3.8, 4) is 28.5 Å². The Balaban J connectivity index is 1.51. The average Bonchev–Trinajstić information content (AvgIpc) is 3.28. The number of anilines is 1. The Morgan fingerprint density at radius 3 is 2.32 bits per heavy atom. The quantitative estimate of drug-likeness (QED) is 0.686. The van der Waals surface area contributed by atoms with E-state index in [4.69, 9.17) is 9.97 Å².